The van der Waals surface area contributed by atoms with Gasteiger partial charge in [-0.25, -0.2) is 0 Å². The van der Waals surface area contributed by atoms with E-state index in [-0.39, 0.29) is 4.83 Å². The molecular weight excluding hydrogens is 316 g/mol. The number of nitrogens with zero attached hydrogens (tertiary/aromatic N) is 1. The van der Waals surface area contributed by atoms with E-state index >= 15 is 0 Å². The first kappa shape index (κ1) is 15.5. The number of para-hydroxylation sites is 1. The summed E-state index contributed by atoms with van der Waals surface area (Å²) in [5.41, 5.74) is 1.54. The number of halogens is 1. The van der Waals surface area contributed by atoms with E-state index in [4.69, 9.17) is 0 Å². The summed E-state index contributed by atoms with van der Waals surface area (Å²) in [4.78, 5) is 0.0908. The summed E-state index contributed by atoms with van der Waals surface area (Å²) < 4.78 is 28.3. The number of hydrogen-bond donors (Lipinski definition) is 1. The molecule has 6 heteroatoms. The lowest BCUT2D eigenvalue weighted by Gasteiger charge is -2.21. The Bertz CT molecular complexity index is 485. The van der Waals surface area contributed by atoms with Gasteiger partial charge in [0.1, 0.15) is 0 Å². The van der Waals surface area contributed by atoms with Crippen molar-refractivity contribution in [2.75, 3.05) is 17.8 Å². The van der Waals surface area contributed by atoms with E-state index in [1.165, 1.54) is 4.31 Å². The van der Waals surface area contributed by atoms with E-state index in [2.05, 4.69) is 20.7 Å². The molecule has 0 spiro atoms. The number of alkyl halides is 1. The van der Waals surface area contributed by atoms with Crippen molar-refractivity contribution in [1.82, 2.24) is 4.31 Å². The second-order valence-corrected chi connectivity index (χ2v) is 6.94. The molecule has 1 aromatic rings. The van der Waals surface area contributed by atoms with Gasteiger partial charge in [0.25, 0.3) is 0 Å². The lowest BCUT2D eigenvalue weighted by molar-refractivity contribution is 0.449. The van der Waals surface area contributed by atoms with Crippen LogP contribution in [0.2, 0.25) is 0 Å². The predicted octanol–water partition coefficient (Wildman–Crippen LogP) is 3.14. The summed E-state index contributed by atoms with van der Waals surface area (Å²) in [6, 6.07) is 7.38. The Morgan fingerprint density at radius 3 is 2.33 bits per heavy atom. The molecule has 0 radical (unpaired) electrons. The van der Waals surface area contributed by atoms with Crippen LogP contribution in [0, 0.1) is 0 Å². The molecule has 102 valence electrons. The minimum absolute atomic E-state index is 0.0908. The van der Waals surface area contributed by atoms with Gasteiger partial charge in [-0.15, -0.1) is 0 Å². The number of hydrogen-bond acceptors (Lipinski definition) is 2. The van der Waals surface area contributed by atoms with Gasteiger partial charge in [0.05, 0.1) is 5.69 Å². The molecule has 4 nitrogen and oxygen atoms in total. The van der Waals surface area contributed by atoms with Crippen LogP contribution in [0.25, 0.3) is 0 Å². The zero-order valence-electron chi connectivity index (χ0n) is 10.9. The number of benzene rings is 1. The summed E-state index contributed by atoms with van der Waals surface area (Å²) in [6.07, 6.45) is 0. The highest BCUT2D eigenvalue weighted by molar-refractivity contribution is 9.09. The fourth-order valence-electron chi connectivity index (χ4n) is 1.70. The molecule has 0 aliphatic carbocycles. The monoisotopic (exact) mass is 334 g/mol. The van der Waals surface area contributed by atoms with Crippen LogP contribution in [0.3, 0.4) is 0 Å². The third-order valence-corrected chi connectivity index (χ3v) is 4.84. The maximum atomic E-state index is 12.1. The Balaban J connectivity index is 3.04. The molecular formula is C12H19BrN2O2S. The maximum absolute atomic E-state index is 12.1. The second kappa shape index (κ2) is 6.54. The highest BCUT2D eigenvalue weighted by Gasteiger charge is 2.20. The molecule has 0 heterocycles. The Labute approximate surface area is 118 Å². The SMILES string of the molecule is CCN(CC)S(=O)(=O)Nc1ccccc1C(C)Br. The van der Waals surface area contributed by atoms with Crippen molar-refractivity contribution in [3.8, 4) is 0 Å². The van der Waals surface area contributed by atoms with Gasteiger partial charge in [0, 0.05) is 17.9 Å². The summed E-state index contributed by atoms with van der Waals surface area (Å²) in [6.45, 7) is 6.52. The van der Waals surface area contributed by atoms with Crippen LogP contribution in [0.15, 0.2) is 24.3 Å². The average molecular weight is 335 g/mol. The zero-order valence-corrected chi connectivity index (χ0v) is 13.3. The smallest absolute Gasteiger partial charge is 0.271 e. The van der Waals surface area contributed by atoms with Crippen molar-refractivity contribution in [3.05, 3.63) is 29.8 Å². The van der Waals surface area contributed by atoms with Crippen molar-refractivity contribution in [1.29, 1.82) is 0 Å². The van der Waals surface area contributed by atoms with Crippen molar-refractivity contribution >= 4 is 31.8 Å². The largest absolute Gasteiger partial charge is 0.301 e. The van der Waals surface area contributed by atoms with Gasteiger partial charge in [-0.05, 0) is 18.6 Å². The fourth-order valence-corrected chi connectivity index (χ4v) is 3.38. The van der Waals surface area contributed by atoms with Crippen molar-refractivity contribution in [2.24, 2.45) is 0 Å². The molecule has 0 amide bonds. The Kier molecular flexibility index (Phi) is 5.62. The summed E-state index contributed by atoms with van der Waals surface area (Å²) >= 11 is 3.46. The lowest BCUT2D eigenvalue weighted by Crippen LogP contribution is -2.35. The maximum Gasteiger partial charge on any atom is 0.301 e. The van der Waals surface area contributed by atoms with Crippen molar-refractivity contribution in [3.63, 3.8) is 0 Å². The van der Waals surface area contributed by atoms with Gasteiger partial charge >= 0.3 is 10.2 Å². The summed E-state index contributed by atoms with van der Waals surface area (Å²) in [5.74, 6) is 0. The van der Waals surface area contributed by atoms with Gasteiger partial charge in [-0.2, -0.15) is 12.7 Å². The molecule has 0 saturated heterocycles. The van der Waals surface area contributed by atoms with Gasteiger partial charge in [0.15, 0.2) is 0 Å². The third-order valence-electron chi connectivity index (χ3n) is 2.67. The van der Waals surface area contributed by atoms with Crippen molar-refractivity contribution < 1.29 is 8.42 Å². The average Bonchev–Trinajstić information content (AvgIpc) is 2.29. The van der Waals surface area contributed by atoms with E-state index in [0.29, 0.717) is 18.8 Å². The molecule has 0 saturated carbocycles. The Morgan fingerprint density at radius 1 is 1.28 bits per heavy atom. The molecule has 0 aliphatic heterocycles. The highest BCUT2D eigenvalue weighted by Crippen LogP contribution is 2.29. The lowest BCUT2D eigenvalue weighted by atomic mass is 10.1. The molecule has 1 unspecified atom stereocenters. The Morgan fingerprint density at radius 2 is 1.83 bits per heavy atom. The van der Waals surface area contributed by atoms with Crippen LogP contribution in [0.4, 0.5) is 5.69 Å². The molecule has 1 rings (SSSR count). The topological polar surface area (TPSA) is 49.4 Å². The highest BCUT2D eigenvalue weighted by atomic mass is 79.9. The third kappa shape index (κ3) is 3.70. The van der Waals surface area contributed by atoms with E-state index in [0.717, 1.165) is 5.56 Å². The van der Waals surface area contributed by atoms with E-state index < -0.39 is 10.2 Å². The normalized spacial score (nSPS) is 13.6. The predicted molar refractivity (Wildman–Crippen MR) is 79.2 cm³/mol. The van der Waals surface area contributed by atoms with Gasteiger partial charge in [-0.1, -0.05) is 48.0 Å². The molecule has 18 heavy (non-hydrogen) atoms. The van der Waals surface area contributed by atoms with Gasteiger partial charge in [0.2, 0.25) is 0 Å². The molecule has 0 bridgehead atoms. The number of rotatable bonds is 6. The second-order valence-electron chi connectivity index (χ2n) is 3.89. The Hall–Kier alpha value is -0.590. The molecule has 0 fully saturated rings. The first-order valence-corrected chi connectivity index (χ1v) is 8.28. The van der Waals surface area contributed by atoms with Crippen LogP contribution < -0.4 is 4.72 Å². The molecule has 1 aromatic carbocycles. The zero-order chi connectivity index (χ0) is 13.8. The molecule has 0 aromatic heterocycles. The van der Waals surface area contributed by atoms with Crippen LogP contribution in [0.5, 0.6) is 0 Å². The van der Waals surface area contributed by atoms with Gasteiger partial charge < -0.3 is 0 Å². The van der Waals surface area contributed by atoms with Crippen LogP contribution in [-0.4, -0.2) is 25.8 Å². The quantitative estimate of drug-likeness (QED) is 0.812. The molecule has 1 atom stereocenters. The van der Waals surface area contributed by atoms with E-state index in [1.807, 2.05) is 39.0 Å². The van der Waals surface area contributed by atoms with E-state index in [1.54, 1.807) is 6.07 Å². The minimum atomic E-state index is -3.47. The van der Waals surface area contributed by atoms with Gasteiger partial charge in [-0.3, -0.25) is 4.72 Å². The van der Waals surface area contributed by atoms with Crippen LogP contribution >= 0.6 is 15.9 Å². The first-order valence-electron chi connectivity index (χ1n) is 5.93. The van der Waals surface area contributed by atoms with E-state index in [9.17, 15) is 8.42 Å². The number of nitrogens with one attached hydrogen (secondary N) is 1. The summed E-state index contributed by atoms with van der Waals surface area (Å²) in [5, 5.41) is 0. The van der Waals surface area contributed by atoms with Crippen LogP contribution in [0.1, 0.15) is 31.2 Å². The standard InChI is InChI=1S/C12H19BrN2O2S/c1-4-15(5-2)18(16,17)14-12-9-7-6-8-11(12)10(3)13/h6-10,14H,4-5H2,1-3H3. The summed E-state index contributed by atoms with van der Waals surface area (Å²) in [7, 11) is -3.47. The minimum Gasteiger partial charge on any atom is -0.271 e. The van der Waals surface area contributed by atoms with Crippen LogP contribution in [-0.2, 0) is 10.2 Å². The first-order chi connectivity index (χ1) is 8.42. The fraction of sp³-hybridized carbons (Fsp3) is 0.500. The van der Waals surface area contributed by atoms with Crippen molar-refractivity contribution in [2.45, 2.75) is 25.6 Å². The molecule has 1 N–H and O–H groups in total. The molecule has 0 aliphatic rings. The number of anilines is 1.